The summed E-state index contributed by atoms with van der Waals surface area (Å²) in [6.45, 7) is 1.84. The Morgan fingerprint density at radius 3 is 2.94 bits per heavy atom. The second-order valence-electron chi connectivity index (χ2n) is 5.75. The van der Waals surface area contributed by atoms with E-state index >= 15 is 0 Å². The van der Waals surface area contributed by atoms with Crippen LogP contribution in [0.5, 0.6) is 0 Å². The van der Waals surface area contributed by atoms with E-state index in [0.717, 1.165) is 37.2 Å². The predicted molar refractivity (Wildman–Crippen MR) is 71.3 cm³/mol. The Bertz CT molecular complexity index is 494. The molecule has 1 aliphatic heterocycles. The highest BCUT2D eigenvalue weighted by Crippen LogP contribution is 2.33. The molecular weight excluding hydrogens is 226 g/mol. The minimum Gasteiger partial charge on any atom is -0.326 e. The summed E-state index contributed by atoms with van der Waals surface area (Å²) in [5.74, 6) is 0.0920. The average Bonchev–Trinajstić information content (AvgIpc) is 2.88. The van der Waals surface area contributed by atoms with Crippen LogP contribution in [-0.4, -0.2) is 29.9 Å². The number of anilines is 1. The second-order valence-corrected chi connectivity index (χ2v) is 5.75. The number of rotatable bonds is 4. The molecule has 0 spiro atoms. The maximum absolute atomic E-state index is 11.3. The third-order valence-corrected chi connectivity index (χ3v) is 3.72. The number of fused-ring (bicyclic) bond motifs is 1. The van der Waals surface area contributed by atoms with Gasteiger partial charge >= 0.3 is 0 Å². The molecule has 2 aliphatic rings. The van der Waals surface area contributed by atoms with E-state index in [9.17, 15) is 4.79 Å². The normalized spacial score (nSPS) is 19.8. The van der Waals surface area contributed by atoms with Crippen LogP contribution in [-0.2, 0) is 17.8 Å². The van der Waals surface area contributed by atoms with Crippen LogP contribution in [0.4, 0.5) is 5.69 Å². The van der Waals surface area contributed by atoms with Gasteiger partial charge in [-0.3, -0.25) is 4.79 Å². The van der Waals surface area contributed by atoms with Crippen molar-refractivity contribution in [3.63, 3.8) is 0 Å². The fraction of sp³-hybridized carbons (Fsp3) is 0.500. The summed E-state index contributed by atoms with van der Waals surface area (Å²) in [7, 11) is 2.10. The van der Waals surface area contributed by atoms with Crippen LogP contribution in [0.25, 0.3) is 0 Å². The maximum atomic E-state index is 11.3. The van der Waals surface area contributed by atoms with E-state index in [-0.39, 0.29) is 11.4 Å². The standard InChI is InChI=1S/C14H19N3O/c1-17(9-14(15)4-5-14)8-10-2-3-12-11(6-10)7-13(18)16-12/h2-3,6H,4-5,7-9,15H2,1H3,(H,16,18). The lowest BCUT2D eigenvalue weighted by molar-refractivity contribution is -0.115. The number of likely N-dealkylation sites (N-methyl/N-ethyl adjacent to an activating group) is 1. The van der Waals surface area contributed by atoms with Gasteiger partial charge in [0.1, 0.15) is 0 Å². The van der Waals surface area contributed by atoms with Gasteiger partial charge in [0, 0.05) is 24.3 Å². The Labute approximate surface area is 107 Å². The van der Waals surface area contributed by atoms with Crippen molar-refractivity contribution in [1.82, 2.24) is 4.90 Å². The molecule has 0 saturated heterocycles. The number of benzene rings is 1. The molecule has 1 fully saturated rings. The third-order valence-electron chi connectivity index (χ3n) is 3.72. The molecule has 1 aliphatic carbocycles. The number of hydrogen-bond acceptors (Lipinski definition) is 3. The van der Waals surface area contributed by atoms with Gasteiger partial charge < -0.3 is 16.0 Å². The molecule has 1 amide bonds. The Morgan fingerprint density at radius 1 is 1.44 bits per heavy atom. The molecule has 4 heteroatoms. The summed E-state index contributed by atoms with van der Waals surface area (Å²) in [4.78, 5) is 13.6. The lowest BCUT2D eigenvalue weighted by Gasteiger charge is -2.21. The largest absolute Gasteiger partial charge is 0.326 e. The zero-order chi connectivity index (χ0) is 12.8. The molecule has 0 bridgehead atoms. The quantitative estimate of drug-likeness (QED) is 0.835. The van der Waals surface area contributed by atoms with Crippen molar-refractivity contribution in [1.29, 1.82) is 0 Å². The van der Waals surface area contributed by atoms with Crippen LogP contribution in [0.15, 0.2) is 18.2 Å². The fourth-order valence-electron chi connectivity index (χ4n) is 2.60. The summed E-state index contributed by atoms with van der Waals surface area (Å²) in [6, 6.07) is 6.20. The van der Waals surface area contributed by atoms with Crippen molar-refractivity contribution in [2.75, 3.05) is 18.9 Å². The van der Waals surface area contributed by atoms with Crippen molar-refractivity contribution >= 4 is 11.6 Å². The highest BCUT2D eigenvalue weighted by Gasteiger charge is 2.38. The zero-order valence-corrected chi connectivity index (χ0v) is 10.7. The van der Waals surface area contributed by atoms with Crippen LogP contribution in [0.1, 0.15) is 24.0 Å². The Morgan fingerprint density at radius 2 is 2.22 bits per heavy atom. The number of hydrogen-bond donors (Lipinski definition) is 2. The summed E-state index contributed by atoms with van der Waals surface area (Å²) in [5.41, 5.74) is 9.49. The smallest absolute Gasteiger partial charge is 0.228 e. The van der Waals surface area contributed by atoms with Gasteiger partial charge in [0.15, 0.2) is 0 Å². The second kappa shape index (κ2) is 4.07. The van der Waals surface area contributed by atoms with Crippen molar-refractivity contribution < 1.29 is 4.79 Å². The number of carbonyl (C=O) groups excluding carboxylic acids is 1. The molecule has 1 aromatic rings. The number of nitrogens with one attached hydrogen (secondary N) is 1. The molecule has 96 valence electrons. The van der Waals surface area contributed by atoms with Crippen LogP contribution in [0.3, 0.4) is 0 Å². The molecule has 3 N–H and O–H groups in total. The molecule has 18 heavy (non-hydrogen) atoms. The van der Waals surface area contributed by atoms with Gasteiger partial charge in [-0.15, -0.1) is 0 Å². The first-order valence-electron chi connectivity index (χ1n) is 6.43. The molecular formula is C14H19N3O. The van der Waals surface area contributed by atoms with Crippen LogP contribution >= 0.6 is 0 Å². The molecule has 3 rings (SSSR count). The lowest BCUT2D eigenvalue weighted by atomic mass is 10.1. The van der Waals surface area contributed by atoms with Crippen LogP contribution in [0.2, 0.25) is 0 Å². The van der Waals surface area contributed by atoms with Crippen molar-refractivity contribution in [3.8, 4) is 0 Å². The van der Waals surface area contributed by atoms with E-state index in [1.165, 1.54) is 5.56 Å². The van der Waals surface area contributed by atoms with Gasteiger partial charge in [-0.2, -0.15) is 0 Å². The topological polar surface area (TPSA) is 58.4 Å². The molecule has 1 saturated carbocycles. The summed E-state index contributed by atoms with van der Waals surface area (Å²) in [5, 5.41) is 2.85. The molecule has 0 radical (unpaired) electrons. The van der Waals surface area contributed by atoms with E-state index < -0.39 is 0 Å². The molecule has 1 heterocycles. The third kappa shape index (κ3) is 2.40. The molecule has 0 unspecified atom stereocenters. The summed E-state index contributed by atoms with van der Waals surface area (Å²) < 4.78 is 0. The maximum Gasteiger partial charge on any atom is 0.228 e. The lowest BCUT2D eigenvalue weighted by Crippen LogP contribution is -2.36. The predicted octanol–water partition coefficient (Wildman–Crippen LogP) is 1.10. The molecule has 0 atom stereocenters. The number of nitrogens with zero attached hydrogens (tertiary/aromatic N) is 1. The van der Waals surface area contributed by atoms with Gasteiger partial charge in [-0.05, 0) is 37.1 Å². The van der Waals surface area contributed by atoms with E-state index in [0.29, 0.717) is 6.42 Å². The minimum absolute atomic E-state index is 0.0585. The fourth-order valence-corrected chi connectivity index (χ4v) is 2.60. The van der Waals surface area contributed by atoms with E-state index in [4.69, 9.17) is 5.73 Å². The van der Waals surface area contributed by atoms with Gasteiger partial charge in [-0.1, -0.05) is 12.1 Å². The van der Waals surface area contributed by atoms with E-state index in [1.807, 2.05) is 6.07 Å². The Kier molecular flexibility index (Phi) is 2.64. The first-order chi connectivity index (χ1) is 8.54. The van der Waals surface area contributed by atoms with Gasteiger partial charge in [0.2, 0.25) is 5.91 Å². The van der Waals surface area contributed by atoms with E-state index in [1.54, 1.807) is 0 Å². The first kappa shape index (κ1) is 11.7. The SMILES string of the molecule is CN(Cc1ccc2c(c1)CC(=O)N2)CC1(N)CC1. The molecule has 0 aromatic heterocycles. The Balaban J connectivity index is 1.66. The number of amides is 1. The Hall–Kier alpha value is -1.39. The van der Waals surface area contributed by atoms with Gasteiger partial charge in [0.05, 0.1) is 6.42 Å². The highest BCUT2D eigenvalue weighted by molar-refractivity contribution is 5.99. The van der Waals surface area contributed by atoms with Crippen molar-refractivity contribution in [2.24, 2.45) is 5.73 Å². The molecule has 1 aromatic carbocycles. The average molecular weight is 245 g/mol. The number of nitrogens with two attached hydrogens (primary N) is 1. The minimum atomic E-state index is 0.0585. The van der Waals surface area contributed by atoms with Crippen LogP contribution < -0.4 is 11.1 Å². The van der Waals surface area contributed by atoms with Crippen molar-refractivity contribution in [2.45, 2.75) is 31.3 Å². The highest BCUT2D eigenvalue weighted by atomic mass is 16.1. The summed E-state index contributed by atoms with van der Waals surface area (Å²) in [6.07, 6.45) is 2.79. The van der Waals surface area contributed by atoms with Gasteiger partial charge in [0.25, 0.3) is 0 Å². The van der Waals surface area contributed by atoms with Gasteiger partial charge in [-0.25, -0.2) is 0 Å². The monoisotopic (exact) mass is 245 g/mol. The van der Waals surface area contributed by atoms with Crippen molar-refractivity contribution in [3.05, 3.63) is 29.3 Å². The molecule has 4 nitrogen and oxygen atoms in total. The van der Waals surface area contributed by atoms with E-state index in [2.05, 4.69) is 29.4 Å². The zero-order valence-electron chi connectivity index (χ0n) is 10.7. The summed E-state index contributed by atoms with van der Waals surface area (Å²) >= 11 is 0. The first-order valence-corrected chi connectivity index (χ1v) is 6.43. The van der Waals surface area contributed by atoms with Crippen LogP contribution in [0, 0.1) is 0 Å². The number of carbonyl (C=O) groups is 1.